The number of carbonyl (C=O) groups is 2. The third kappa shape index (κ3) is 3.74. The number of nitrogens with one attached hydrogen (secondary N) is 1. The number of esters is 1. The van der Waals surface area contributed by atoms with Crippen molar-refractivity contribution in [1.82, 2.24) is 10.3 Å². The topological polar surface area (TPSA) is 81.4 Å². The predicted octanol–water partition coefficient (Wildman–Crippen LogP) is 2.30. The molecule has 6 nitrogen and oxygen atoms in total. The lowest BCUT2D eigenvalue weighted by Gasteiger charge is -2.05. The van der Waals surface area contributed by atoms with Crippen LogP contribution in [0.3, 0.4) is 0 Å². The highest BCUT2D eigenvalue weighted by atomic mass is 16.5. The highest BCUT2D eigenvalue weighted by Gasteiger charge is 2.11. The van der Waals surface area contributed by atoms with Gasteiger partial charge in [-0.05, 0) is 24.3 Å². The lowest BCUT2D eigenvalue weighted by atomic mass is 10.2. The Kier molecular flexibility index (Phi) is 4.33. The van der Waals surface area contributed by atoms with Crippen molar-refractivity contribution in [2.75, 3.05) is 6.54 Å². The molecule has 0 unspecified atom stereocenters. The molecule has 0 atom stereocenters. The summed E-state index contributed by atoms with van der Waals surface area (Å²) in [5.41, 5.74) is 1.83. The molecule has 3 rings (SSSR count). The van der Waals surface area contributed by atoms with Gasteiger partial charge in [-0.2, -0.15) is 0 Å². The number of hydrogen-bond donors (Lipinski definition) is 1. The number of benzene rings is 2. The second-order valence-corrected chi connectivity index (χ2v) is 4.78. The number of ether oxygens (including phenoxy) is 1. The van der Waals surface area contributed by atoms with Crippen LogP contribution in [0.5, 0.6) is 0 Å². The van der Waals surface area contributed by atoms with E-state index < -0.39 is 5.97 Å². The third-order valence-corrected chi connectivity index (χ3v) is 3.12. The summed E-state index contributed by atoms with van der Waals surface area (Å²) in [7, 11) is 0. The van der Waals surface area contributed by atoms with Crippen LogP contribution in [0.2, 0.25) is 0 Å². The first kappa shape index (κ1) is 14.8. The molecule has 0 bridgehead atoms. The molecular weight excluding hydrogens is 296 g/mol. The number of hydrogen-bond acceptors (Lipinski definition) is 5. The summed E-state index contributed by atoms with van der Waals surface area (Å²) in [5, 5.41) is 2.50. The molecular formula is C17H14N2O4. The van der Waals surface area contributed by atoms with Crippen LogP contribution in [0, 0.1) is 0 Å². The fourth-order valence-corrected chi connectivity index (χ4v) is 2.02. The zero-order valence-electron chi connectivity index (χ0n) is 12.2. The van der Waals surface area contributed by atoms with Gasteiger partial charge >= 0.3 is 5.97 Å². The van der Waals surface area contributed by atoms with Gasteiger partial charge in [0.25, 0.3) is 5.91 Å². The quantitative estimate of drug-likeness (QED) is 0.731. The first-order chi connectivity index (χ1) is 11.2. The Morgan fingerprint density at radius 2 is 1.78 bits per heavy atom. The van der Waals surface area contributed by atoms with Crippen molar-refractivity contribution in [2.24, 2.45) is 0 Å². The lowest BCUT2D eigenvalue weighted by molar-refractivity contribution is -0.144. The van der Waals surface area contributed by atoms with E-state index in [1.165, 1.54) is 0 Å². The van der Waals surface area contributed by atoms with Crippen LogP contribution in [-0.2, 0) is 16.1 Å². The Hall–Kier alpha value is -3.15. The zero-order valence-corrected chi connectivity index (χ0v) is 12.2. The number of amides is 1. The lowest BCUT2D eigenvalue weighted by Crippen LogP contribution is -2.30. The Morgan fingerprint density at radius 1 is 1.04 bits per heavy atom. The summed E-state index contributed by atoms with van der Waals surface area (Å²) in [6, 6.07) is 15.9. The minimum Gasteiger partial charge on any atom is -0.454 e. The SMILES string of the molecule is O=C(CNC(=O)c1ccccc1)OCc1nc2ccccc2o1. The van der Waals surface area contributed by atoms with Gasteiger partial charge in [-0.15, -0.1) is 0 Å². The van der Waals surface area contributed by atoms with Crippen LogP contribution in [0.15, 0.2) is 59.0 Å². The van der Waals surface area contributed by atoms with E-state index in [0.717, 1.165) is 0 Å². The summed E-state index contributed by atoms with van der Waals surface area (Å²) in [6.45, 7) is -0.289. The molecule has 6 heteroatoms. The van der Waals surface area contributed by atoms with Crippen molar-refractivity contribution in [2.45, 2.75) is 6.61 Å². The Bertz CT molecular complexity index is 794. The van der Waals surface area contributed by atoms with E-state index in [4.69, 9.17) is 9.15 Å². The molecule has 0 aliphatic rings. The smallest absolute Gasteiger partial charge is 0.325 e. The minimum atomic E-state index is -0.559. The highest BCUT2D eigenvalue weighted by molar-refractivity contribution is 5.95. The van der Waals surface area contributed by atoms with Crippen molar-refractivity contribution in [3.63, 3.8) is 0 Å². The van der Waals surface area contributed by atoms with E-state index in [-0.39, 0.29) is 19.1 Å². The second kappa shape index (κ2) is 6.74. The third-order valence-electron chi connectivity index (χ3n) is 3.12. The summed E-state index contributed by atoms with van der Waals surface area (Å²) < 4.78 is 10.5. The van der Waals surface area contributed by atoms with E-state index in [1.54, 1.807) is 30.3 Å². The van der Waals surface area contributed by atoms with Crippen LogP contribution in [0.4, 0.5) is 0 Å². The molecule has 23 heavy (non-hydrogen) atoms. The maximum atomic E-state index is 11.8. The van der Waals surface area contributed by atoms with E-state index in [0.29, 0.717) is 22.6 Å². The van der Waals surface area contributed by atoms with Crippen LogP contribution < -0.4 is 5.32 Å². The number of aromatic nitrogens is 1. The van der Waals surface area contributed by atoms with Gasteiger partial charge < -0.3 is 14.5 Å². The maximum absolute atomic E-state index is 11.8. The molecule has 0 aliphatic carbocycles. The molecule has 0 aliphatic heterocycles. The Balaban J connectivity index is 1.49. The van der Waals surface area contributed by atoms with E-state index in [2.05, 4.69) is 10.3 Å². The molecule has 0 fully saturated rings. The molecule has 1 heterocycles. The first-order valence-electron chi connectivity index (χ1n) is 7.06. The van der Waals surface area contributed by atoms with Crippen molar-refractivity contribution >= 4 is 23.0 Å². The molecule has 0 spiro atoms. The van der Waals surface area contributed by atoms with Gasteiger partial charge in [0.2, 0.25) is 5.89 Å². The molecule has 1 N–H and O–H groups in total. The summed E-state index contributed by atoms with van der Waals surface area (Å²) >= 11 is 0. The fourth-order valence-electron chi connectivity index (χ4n) is 2.02. The van der Waals surface area contributed by atoms with Crippen molar-refractivity contribution in [3.05, 3.63) is 66.1 Å². The first-order valence-corrected chi connectivity index (χ1v) is 7.06. The molecule has 1 amide bonds. The summed E-state index contributed by atoms with van der Waals surface area (Å²) in [5.74, 6) is -0.574. The molecule has 1 aromatic heterocycles. The Morgan fingerprint density at radius 3 is 2.57 bits per heavy atom. The monoisotopic (exact) mass is 310 g/mol. The second-order valence-electron chi connectivity index (χ2n) is 4.78. The van der Waals surface area contributed by atoms with Crippen LogP contribution in [0.25, 0.3) is 11.1 Å². The molecule has 3 aromatic rings. The molecule has 0 radical (unpaired) electrons. The van der Waals surface area contributed by atoms with Gasteiger partial charge in [-0.3, -0.25) is 9.59 Å². The minimum absolute atomic E-state index is 0.0747. The standard InChI is InChI=1S/C17H14N2O4/c20-16(10-18-17(21)12-6-2-1-3-7-12)22-11-15-19-13-8-4-5-9-14(13)23-15/h1-9H,10-11H2,(H,18,21). The van der Waals surface area contributed by atoms with Crippen molar-refractivity contribution in [3.8, 4) is 0 Å². The zero-order chi connectivity index (χ0) is 16.1. The number of para-hydroxylation sites is 2. The molecule has 0 saturated heterocycles. The van der Waals surface area contributed by atoms with Crippen LogP contribution in [-0.4, -0.2) is 23.4 Å². The van der Waals surface area contributed by atoms with Crippen LogP contribution >= 0.6 is 0 Å². The summed E-state index contributed by atoms with van der Waals surface area (Å²) in [6.07, 6.45) is 0. The van der Waals surface area contributed by atoms with E-state index in [1.807, 2.05) is 24.3 Å². The average Bonchev–Trinajstić information content (AvgIpc) is 3.01. The fraction of sp³-hybridized carbons (Fsp3) is 0.118. The van der Waals surface area contributed by atoms with E-state index >= 15 is 0 Å². The average molecular weight is 310 g/mol. The highest BCUT2D eigenvalue weighted by Crippen LogP contribution is 2.15. The Labute approximate surface area is 132 Å². The van der Waals surface area contributed by atoms with Gasteiger partial charge in [-0.25, -0.2) is 4.98 Å². The number of nitrogens with zero attached hydrogens (tertiary/aromatic N) is 1. The van der Waals surface area contributed by atoms with Gasteiger partial charge in [0.05, 0.1) is 0 Å². The molecule has 2 aromatic carbocycles. The van der Waals surface area contributed by atoms with Crippen molar-refractivity contribution in [1.29, 1.82) is 0 Å². The molecule has 116 valence electrons. The molecule has 0 saturated carbocycles. The number of rotatable bonds is 5. The number of carbonyl (C=O) groups excluding carboxylic acids is 2. The number of fused-ring (bicyclic) bond motifs is 1. The normalized spacial score (nSPS) is 10.4. The van der Waals surface area contributed by atoms with Crippen LogP contribution in [0.1, 0.15) is 16.2 Å². The van der Waals surface area contributed by atoms with Gasteiger partial charge in [0, 0.05) is 5.56 Å². The van der Waals surface area contributed by atoms with Gasteiger partial charge in [0.1, 0.15) is 12.1 Å². The van der Waals surface area contributed by atoms with E-state index in [9.17, 15) is 9.59 Å². The number of oxazole rings is 1. The largest absolute Gasteiger partial charge is 0.454 e. The predicted molar refractivity (Wildman–Crippen MR) is 82.6 cm³/mol. The van der Waals surface area contributed by atoms with Gasteiger partial charge in [-0.1, -0.05) is 30.3 Å². The maximum Gasteiger partial charge on any atom is 0.325 e. The van der Waals surface area contributed by atoms with Gasteiger partial charge in [0.15, 0.2) is 12.2 Å². The summed E-state index contributed by atoms with van der Waals surface area (Å²) in [4.78, 5) is 27.6. The van der Waals surface area contributed by atoms with Crippen molar-refractivity contribution < 1.29 is 18.7 Å².